The van der Waals surface area contributed by atoms with Gasteiger partial charge in [-0.1, -0.05) is 72.8 Å². The van der Waals surface area contributed by atoms with E-state index in [1.54, 1.807) is 18.2 Å². The number of fused-ring (bicyclic) bond motifs is 1. The molecule has 1 heterocycles. The third-order valence-electron chi connectivity index (χ3n) is 4.21. The minimum absolute atomic E-state index is 0.118. The minimum atomic E-state index is -0.118. The van der Waals surface area contributed by atoms with Crippen molar-refractivity contribution in [2.75, 3.05) is 0 Å². The van der Waals surface area contributed by atoms with Crippen LogP contribution in [-0.4, -0.2) is 0 Å². The molecule has 0 fully saturated rings. The Morgan fingerprint density at radius 2 is 1.56 bits per heavy atom. The minimum Gasteiger partial charge on any atom is -0.488 e. The van der Waals surface area contributed by atoms with Crippen molar-refractivity contribution < 1.29 is 9.15 Å². The van der Waals surface area contributed by atoms with Gasteiger partial charge in [0, 0.05) is 6.07 Å². The van der Waals surface area contributed by atoms with E-state index in [1.807, 2.05) is 72.8 Å². The average molecular weight is 354 g/mol. The quantitative estimate of drug-likeness (QED) is 0.472. The second-order valence-electron chi connectivity index (χ2n) is 6.16. The van der Waals surface area contributed by atoms with E-state index in [0.29, 0.717) is 29.1 Å². The number of ether oxygens (including phenoxy) is 1. The maximum absolute atomic E-state index is 12.7. The van der Waals surface area contributed by atoms with Crippen molar-refractivity contribution in [3.63, 3.8) is 0 Å². The van der Waals surface area contributed by atoms with Gasteiger partial charge < -0.3 is 9.15 Å². The maximum Gasteiger partial charge on any atom is 0.197 e. The molecule has 0 amide bonds. The Bertz CT molecular complexity index is 1130. The highest BCUT2D eigenvalue weighted by molar-refractivity contribution is 5.84. The highest BCUT2D eigenvalue weighted by Crippen LogP contribution is 2.24. The summed E-state index contributed by atoms with van der Waals surface area (Å²) in [6.07, 6.45) is 3.72. The molecule has 0 saturated carbocycles. The summed E-state index contributed by atoms with van der Waals surface area (Å²) in [4.78, 5) is 12.7. The molecule has 0 aliphatic rings. The van der Waals surface area contributed by atoms with Crippen molar-refractivity contribution in [2.24, 2.45) is 0 Å². The summed E-state index contributed by atoms with van der Waals surface area (Å²) < 4.78 is 11.8. The third kappa shape index (κ3) is 3.98. The van der Waals surface area contributed by atoms with E-state index in [-0.39, 0.29) is 5.43 Å². The topological polar surface area (TPSA) is 39.4 Å². The van der Waals surface area contributed by atoms with Gasteiger partial charge in [-0.25, -0.2) is 0 Å². The Labute approximate surface area is 157 Å². The number of hydrogen-bond acceptors (Lipinski definition) is 3. The van der Waals surface area contributed by atoms with E-state index >= 15 is 0 Å². The van der Waals surface area contributed by atoms with Crippen LogP contribution in [-0.2, 0) is 6.61 Å². The van der Waals surface area contributed by atoms with E-state index in [4.69, 9.17) is 9.15 Å². The van der Waals surface area contributed by atoms with Gasteiger partial charge >= 0.3 is 0 Å². The zero-order valence-electron chi connectivity index (χ0n) is 14.7. The summed E-state index contributed by atoms with van der Waals surface area (Å²) in [5, 5.41) is 0.463. The highest BCUT2D eigenvalue weighted by atomic mass is 16.5. The zero-order chi connectivity index (χ0) is 18.5. The molecule has 0 spiro atoms. The summed E-state index contributed by atoms with van der Waals surface area (Å²) >= 11 is 0. The van der Waals surface area contributed by atoms with E-state index in [0.717, 1.165) is 11.1 Å². The molecule has 0 saturated heterocycles. The van der Waals surface area contributed by atoms with Crippen LogP contribution in [0.3, 0.4) is 0 Å². The van der Waals surface area contributed by atoms with Crippen molar-refractivity contribution >= 4 is 23.1 Å². The normalized spacial score (nSPS) is 11.1. The molecule has 4 aromatic rings. The van der Waals surface area contributed by atoms with E-state index in [2.05, 4.69) is 0 Å². The summed E-state index contributed by atoms with van der Waals surface area (Å²) in [5.74, 6) is 1.04. The fourth-order valence-corrected chi connectivity index (χ4v) is 2.88. The second kappa shape index (κ2) is 7.75. The summed E-state index contributed by atoms with van der Waals surface area (Å²) in [6, 6.07) is 26.6. The Balaban J connectivity index is 1.64. The van der Waals surface area contributed by atoms with Crippen LogP contribution >= 0.6 is 0 Å². The number of rotatable bonds is 5. The lowest BCUT2D eigenvalue weighted by Crippen LogP contribution is -2.04. The van der Waals surface area contributed by atoms with Gasteiger partial charge in [-0.15, -0.1) is 0 Å². The molecule has 0 aliphatic heterocycles. The van der Waals surface area contributed by atoms with Gasteiger partial charge in [0.25, 0.3) is 0 Å². The van der Waals surface area contributed by atoms with Gasteiger partial charge in [0.1, 0.15) is 29.1 Å². The second-order valence-corrected chi connectivity index (χ2v) is 6.16. The lowest BCUT2D eigenvalue weighted by molar-refractivity contribution is 0.309. The van der Waals surface area contributed by atoms with E-state index in [9.17, 15) is 4.79 Å². The highest BCUT2D eigenvalue weighted by Gasteiger charge is 2.09. The van der Waals surface area contributed by atoms with Gasteiger partial charge in [0.15, 0.2) is 5.43 Å². The lowest BCUT2D eigenvalue weighted by Gasteiger charge is -2.09. The Morgan fingerprint density at radius 1 is 0.815 bits per heavy atom. The molecule has 0 unspecified atom stereocenters. The zero-order valence-corrected chi connectivity index (χ0v) is 14.7. The fraction of sp³-hybridized carbons (Fsp3) is 0.0417. The van der Waals surface area contributed by atoms with Crippen LogP contribution in [0.25, 0.3) is 23.1 Å². The largest absolute Gasteiger partial charge is 0.488 e. The van der Waals surface area contributed by atoms with Crippen LogP contribution < -0.4 is 10.2 Å². The molecule has 1 aromatic heterocycles. The molecule has 0 radical (unpaired) electrons. The molecule has 0 N–H and O–H groups in total. The van der Waals surface area contributed by atoms with Crippen LogP contribution in [0.1, 0.15) is 16.9 Å². The molecule has 132 valence electrons. The lowest BCUT2D eigenvalue weighted by atomic mass is 10.1. The predicted octanol–water partition coefficient (Wildman–Crippen LogP) is 5.54. The standard InChI is InChI=1S/C24H18O3/c25-21-16-20(15-14-18-8-3-1-4-9-18)27-23-13-7-12-22(24(21)23)26-17-19-10-5-2-6-11-19/h1-16H,17H2. The monoisotopic (exact) mass is 354 g/mol. The van der Waals surface area contributed by atoms with Gasteiger partial charge in [0.2, 0.25) is 0 Å². The van der Waals surface area contributed by atoms with Crippen molar-refractivity contribution in [3.05, 3.63) is 112 Å². The van der Waals surface area contributed by atoms with E-state index < -0.39 is 0 Å². The third-order valence-corrected chi connectivity index (χ3v) is 4.21. The first-order valence-corrected chi connectivity index (χ1v) is 8.76. The van der Waals surface area contributed by atoms with Crippen LogP contribution in [0.4, 0.5) is 0 Å². The number of benzene rings is 3. The molecule has 4 rings (SSSR count). The number of hydrogen-bond donors (Lipinski definition) is 0. The fourth-order valence-electron chi connectivity index (χ4n) is 2.88. The van der Waals surface area contributed by atoms with Crippen LogP contribution in [0, 0.1) is 0 Å². The molecule has 0 aliphatic carbocycles. The molecule has 27 heavy (non-hydrogen) atoms. The van der Waals surface area contributed by atoms with Gasteiger partial charge in [-0.2, -0.15) is 0 Å². The summed E-state index contributed by atoms with van der Waals surface area (Å²) in [7, 11) is 0. The van der Waals surface area contributed by atoms with Crippen molar-refractivity contribution in [2.45, 2.75) is 6.61 Å². The molecular formula is C24H18O3. The van der Waals surface area contributed by atoms with E-state index in [1.165, 1.54) is 6.07 Å². The van der Waals surface area contributed by atoms with Crippen molar-refractivity contribution in [1.29, 1.82) is 0 Å². The van der Waals surface area contributed by atoms with Crippen LogP contribution in [0.5, 0.6) is 5.75 Å². The van der Waals surface area contributed by atoms with Gasteiger partial charge in [-0.3, -0.25) is 4.79 Å². The molecule has 3 nitrogen and oxygen atoms in total. The molecule has 3 heteroatoms. The van der Waals surface area contributed by atoms with Gasteiger partial charge in [-0.05, 0) is 29.3 Å². The SMILES string of the molecule is O=c1cc(C=Cc2ccccc2)oc2cccc(OCc3ccccc3)c12. The van der Waals surface area contributed by atoms with Gasteiger partial charge in [0.05, 0.1) is 0 Å². The molecular weight excluding hydrogens is 336 g/mol. The maximum atomic E-state index is 12.7. The summed E-state index contributed by atoms with van der Waals surface area (Å²) in [5.41, 5.74) is 2.48. The summed E-state index contributed by atoms with van der Waals surface area (Å²) in [6.45, 7) is 0.398. The first-order chi connectivity index (χ1) is 13.3. The Morgan fingerprint density at radius 3 is 2.33 bits per heavy atom. The predicted molar refractivity (Wildman–Crippen MR) is 109 cm³/mol. The average Bonchev–Trinajstić information content (AvgIpc) is 2.72. The molecule has 0 bridgehead atoms. The smallest absolute Gasteiger partial charge is 0.197 e. The Kier molecular flexibility index (Phi) is 4.84. The van der Waals surface area contributed by atoms with Crippen LogP contribution in [0.2, 0.25) is 0 Å². The van der Waals surface area contributed by atoms with Crippen molar-refractivity contribution in [3.8, 4) is 5.75 Å². The first kappa shape index (κ1) is 16.9. The van der Waals surface area contributed by atoms with Crippen LogP contribution in [0.15, 0.2) is 94.1 Å². The first-order valence-electron chi connectivity index (χ1n) is 8.76. The Hall–Kier alpha value is -3.59. The van der Waals surface area contributed by atoms with Crippen molar-refractivity contribution in [1.82, 2.24) is 0 Å². The molecule has 3 aromatic carbocycles. The molecule has 0 atom stereocenters.